The highest BCUT2D eigenvalue weighted by Gasteiger charge is 2.25. The molecule has 1 atom stereocenters. The summed E-state index contributed by atoms with van der Waals surface area (Å²) in [5.41, 5.74) is 0.627. The Bertz CT molecular complexity index is 492. The molecule has 1 unspecified atom stereocenters. The van der Waals surface area contributed by atoms with Crippen molar-refractivity contribution in [1.82, 2.24) is 4.90 Å². The van der Waals surface area contributed by atoms with Crippen LogP contribution in [0.25, 0.3) is 0 Å². The van der Waals surface area contributed by atoms with Crippen molar-refractivity contribution in [2.24, 2.45) is 0 Å². The number of amides is 1. The standard InChI is InChI=1S/C18H27NO4/c1-4-11-19(12-5-2)17(20)13-16(18(21)22)14-7-9-15(10-8-14)23-6-3/h7-10,16H,4-6,11-13H2,1-3H3,(H,21,22). The SMILES string of the molecule is CCCN(CCC)C(=O)CC(C(=O)O)c1ccc(OCC)cc1. The van der Waals surface area contributed by atoms with Crippen molar-refractivity contribution >= 4 is 11.9 Å². The molecule has 23 heavy (non-hydrogen) atoms. The van der Waals surface area contributed by atoms with E-state index in [9.17, 15) is 14.7 Å². The van der Waals surface area contributed by atoms with Crippen LogP contribution in [0, 0.1) is 0 Å². The van der Waals surface area contributed by atoms with Gasteiger partial charge in [-0.3, -0.25) is 9.59 Å². The molecule has 0 aliphatic carbocycles. The average molecular weight is 321 g/mol. The summed E-state index contributed by atoms with van der Waals surface area (Å²) in [5, 5.41) is 9.49. The summed E-state index contributed by atoms with van der Waals surface area (Å²) >= 11 is 0. The maximum Gasteiger partial charge on any atom is 0.311 e. The van der Waals surface area contributed by atoms with Crippen LogP contribution >= 0.6 is 0 Å². The maximum atomic E-state index is 12.4. The first-order valence-electron chi connectivity index (χ1n) is 8.26. The van der Waals surface area contributed by atoms with Crippen molar-refractivity contribution < 1.29 is 19.4 Å². The minimum absolute atomic E-state index is 0.0106. The highest BCUT2D eigenvalue weighted by atomic mass is 16.5. The molecule has 0 spiro atoms. The number of benzene rings is 1. The van der Waals surface area contributed by atoms with Crippen molar-refractivity contribution in [3.05, 3.63) is 29.8 Å². The van der Waals surface area contributed by atoms with Gasteiger partial charge in [0.2, 0.25) is 5.91 Å². The molecule has 0 saturated carbocycles. The zero-order valence-electron chi connectivity index (χ0n) is 14.2. The molecular weight excluding hydrogens is 294 g/mol. The van der Waals surface area contributed by atoms with Gasteiger partial charge in [-0.15, -0.1) is 0 Å². The fourth-order valence-electron chi connectivity index (χ4n) is 2.52. The fraction of sp³-hybridized carbons (Fsp3) is 0.556. The van der Waals surface area contributed by atoms with Crippen molar-refractivity contribution in [3.8, 4) is 5.75 Å². The van der Waals surface area contributed by atoms with Gasteiger partial charge in [0.15, 0.2) is 0 Å². The molecule has 0 heterocycles. The van der Waals surface area contributed by atoms with Gasteiger partial charge in [0.1, 0.15) is 5.75 Å². The third-order valence-electron chi connectivity index (χ3n) is 3.61. The Kier molecular flexibility index (Phi) is 8.16. The lowest BCUT2D eigenvalue weighted by Crippen LogP contribution is -2.34. The Labute approximate surface area is 138 Å². The molecule has 0 aromatic heterocycles. The maximum absolute atomic E-state index is 12.4. The van der Waals surface area contributed by atoms with E-state index in [2.05, 4.69) is 0 Å². The molecule has 1 aromatic carbocycles. The van der Waals surface area contributed by atoms with Crippen LogP contribution in [-0.2, 0) is 9.59 Å². The van der Waals surface area contributed by atoms with Crippen molar-refractivity contribution in [3.63, 3.8) is 0 Å². The molecule has 0 radical (unpaired) electrons. The predicted octanol–water partition coefficient (Wildman–Crippen LogP) is 3.29. The molecule has 0 aliphatic heterocycles. The molecule has 5 nitrogen and oxygen atoms in total. The van der Waals surface area contributed by atoms with Crippen LogP contribution in [0.5, 0.6) is 5.75 Å². The minimum atomic E-state index is -0.976. The first-order valence-corrected chi connectivity index (χ1v) is 8.26. The van der Waals surface area contributed by atoms with Gasteiger partial charge in [0, 0.05) is 19.5 Å². The van der Waals surface area contributed by atoms with Crippen molar-refractivity contribution in [1.29, 1.82) is 0 Å². The molecule has 0 aliphatic rings. The Morgan fingerprint density at radius 1 is 1.09 bits per heavy atom. The van der Waals surface area contributed by atoms with Crippen LogP contribution in [0.3, 0.4) is 0 Å². The number of hydrogen-bond donors (Lipinski definition) is 1. The third-order valence-corrected chi connectivity index (χ3v) is 3.61. The van der Waals surface area contributed by atoms with E-state index < -0.39 is 11.9 Å². The molecule has 1 rings (SSSR count). The van der Waals surface area contributed by atoms with E-state index in [1.54, 1.807) is 29.2 Å². The van der Waals surface area contributed by atoms with Crippen molar-refractivity contribution in [2.75, 3.05) is 19.7 Å². The molecule has 5 heteroatoms. The second-order valence-corrected chi connectivity index (χ2v) is 5.48. The van der Waals surface area contributed by atoms with Crippen molar-refractivity contribution in [2.45, 2.75) is 46.0 Å². The van der Waals surface area contributed by atoms with Crippen LogP contribution in [0.15, 0.2) is 24.3 Å². The fourth-order valence-corrected chi connectivity index (χ4v) is 2.52. The van der Waals surface area contributed by atoms with Gasteiger partial charge in [-0.2, -0.15) is 0 Å². The number of aliphatic carboxylic acids is 1. The molecule has 0 fully saturated rings. The molecule has 128 valence electrons. The number of ether oxygens (including phenoxy) is 1. The normalized spacial score (nSPS) is 11.8. The molecule has 1 aromatic rings. The first-order chi connectivity index (χ1) is 11.0. The number of carbonyl (C=O) groups excluding carboxylic acids is 1. The highest BCUT2D eigenvalue weighted by molar-refractivity contribution is 5.85. The zero-order valence-corrected chi connectivity index (χ0v) is 14.2. The second kappa shape index (κ2) is 9.87. The number of carboxylic acids is 1. The number of carbonyl (C=O) groups is 2. The van der Waals surface area contributed by atoms with Gasteiger partial charge in [-0.05, 0) is 37.5 Å². The number of nitrogens with zero attached hydrogens (tertiary/aromatic N) is 1. The molecule has 0 bridgehead atoms. The summed E-state index contributed by atoms with van der Waals surface area (Å²) in [6.07, 6.45) is 1.72. The Morgan fingerprint density at radius 2 is 1.65 bits per heavy atom. The highest BCUT2D eigenvalue weighted by Crippen LogP contribution is 2.24. The van der Waals surface area contributed by atoms with Gasteiger partial charge in [-0.1, -0.05) is 26.0 Å². The van der Waals surface area contributed by atoms with Crippen LogP contribution < -0.4 is 4.74 Å². The predicted molar refractivity (Wildman–Crippen MR) is 89.8 cm³/mol. The first kappa shape index (κ1) is 19.0. The van der Waals surface area contributed by atoms with E-state index in [4.69, 9.17) is 4.74 Å². The lowest BCUT2D eigenvalue weighted by molar-refractivity contribution is -0.142. The summed E-state index contributed by atoms with van der Waals surface area (Å²) in [7, 11) is 0. The summed E-state index contributed by atoms with van der Waals surface area (Å²) < 4.78 is 5.36. The smallest absolute Gasteiger partial charge is 0.311 e. The molecule has 1 amide bonds. The number of carboxylic acid groups (broad SMARTS) is 1. The summed E-state index contributed by atoms with van der Waals surface area (Å²) in [6, 6.07) is 6.94. The van der Waals surface area contributed by atoms with Gasteiger partial charge in [0.05, 0.1) is 12.5 Å². The number of hydrogen-bond acceptors (Lipinski definition) is 3. The zero-order chi connectivity index (χ0) is 17.2. The molecular formula is C18H27NO4. The number of rotatable bonds is 10. The minimum Gasteiger partial charge on any atom is -0.494 e. The molecule has 1 N–H and O–H groups in total. The van der Waals surface area contributed by atoms with E-state index in [1.807, 2.05) is 20.8 Å². The van der Waals surface area contributed by atoms with Gasteiger partial charge >= 0.3 is 5.97 Å². The Morgan fingerprint density at radius 3 is 2.09 bits per heavy atom. The Balaban J connectivity index is 2.85. The molecule has 0 saturated heterocycles. The van der Waals surface area contributed by atoms with Gasteiger partial charge in [-0.25, -0.2) is 0 Å². The monoisotopic (exact) mass is 321 g/mol. The van der Waals surface area contributed by atoms with Crippen LogP contribution in [0.1, 0.15) is 51.5 Å². The van der Waals surface area contributed by atoms with Crippen LogP contribution in [0.2, 0.25) is 0 Å². The summed E-state index contributed by atoms with van der Waals surface area (Å²) in [4.78, 5) is 25.8. The lowest BCUT2D eigenvalue weighted by atomic mass is 9.95. The summed E-state index contributed by atoms with van der Waals surface area (Å²) in [5.74, 6) is -1.20. The topological polar surface area (TPSA) is 66.8 Å². The van der Waals surface area contributed by atoms with E-state index in [0.717, 1.165) is 12.8 Å². The Hall–Kier alpha value is -2.04. The third kappa shape index (κ3) is 5.93. The average Bonchev–Trinajstić information content (AvgIpc) is 2.53. The van der Waals surface area contributed by atoms with E-state index >= 15 is 0 Å². The van der Waals surface area contributed by atoms with E-state index in [0.29, 0.717) is 31.0 Å². The van der Waals surface area contributed by atoms with Gasteiger partial charge in [0.25, 0.3) is 0 Å². The van der Waals surface area contributed by atoms with E-state index in [-0.39, 0.29) is 12.3 Å². The quantitative estimate of drug-likeness (QED) is 0.718. The van der Waals surface area contributed by atoms with Gasteiger partial charge < -0.3 is 14.7 Å². The summed E-state index contributed by atoms with van der Waals surface area (Å²) in [6.45, 7) is 7.81. The largest absolute Gasteiger partial charge is 0.494 e. The lowest BCUT2D eigenvalue weighted by Gasteiger charge is -2.23. The van der Waals surface area contributed by atoms with Crippen LogP contribution in [-0.4, -0.2) is 41.6 Å². The van der Waals surface area contributed by atoms with E-state index in [1.165, 1.54) is 0 Å². The van der Waals surface area contributed by atoms with Crippen LogP contribution in [0.4, 0.5) is 0 Å². The second-order valence-electron chi connectivity index (χ2n) is 5.48.